The van der Waals surface area contributed by atoms with Crippen LogP contribution in [0.1, 0.15) is 13.8 Å². The van der Waals surface area contributed by atoms with E-state index in [4.69, 9.17) is 25.7 Å². The number of benzene rings is 4. The van der Waals surface area contributed by atoms with E-state index in [9.17, 15) is 34.2 Å². The van der Waals surface area contributed by atoms with Crippen LogP contribution in [0.2, 0.25) is 0 Å². The standard InChI is InChI=1S/C16H16N2O5S.C10H10FNO5.C6H7NS/c1-2-22-16(19)10-23-15-9-13(6-7-14(15)18(20)21)24-12-5-3-4-11(17)8-12;1-2-16-10(13)6-17-9-5-7(11)3-4-8(9)12(14)15;7-5-2-1-3-6(8)4-5/h3-9H,2,10,17H2,1H3;3-5H,2,6H2,1H3;1-4,8H,7H2. The molecular weight excluding hydrogens is 684 g/mol. The lowest BCUT2D eigenvalue weighted by atomic mass is 10.3. The van der Waals surface area contributed by atoms with Gasteiger partial charge >= 0.3 is 23.3 Å². The van der Waals surface area contributed by atoms with Crippen LogP contribution in [-0.4, -0.2) is 48.2 Å². The van der Waals surface area contributed by atoms with Gasteiger partial charge in [-0.05, 0) is 62.4 Å². The number of halogens is 1. The molecule has 0 aliphatic carbocycles. The minimum atomic E-state index is -0.722. The van der Waals surface area contributed by atoms with Gasteiger partial charge < -0.3 is 30.4 Å². The summed E-state index contributed by atoms with van der Waals surface area (Å²) in [6.45, 7) is 2.79. The Morgan fingerprint density at radius 3 is 1.69 bits per heavy atom. The molecule has 14 nitrogen and oxygen atoms in total. The van der Waals surface area contributed by atoms with Gasteiger partial charge in [0.15, 0.2) is 19.0 Å². The molecular formula is C32H33FN4O10S2. The summed E-state index contributed by atoms with van der Waals surface area (Å²) in [5.41, 5.74) is 11.9. The summed E-state index contributed by atoms with van der Waals surface area (Å²) in [6.07, 6.45) is 0. The summed E-state index contributed by atoms with van der Waals surface area (Å²) in [5.74, 6) is -2.23. The molecule has 0 aromatic heterocycles. The molecule has 0 unspecified atom stereocenters. The summed E-state index contributed by atoms with van der Waals surface area (Å²) in [5, 5.41) is 21.7. The van der Waals surface area contributed by atoms with Gasteiger partial charge in [-0.25, -0.2) is 14.0 Å². The van der Waals surface area contributed by atoms with E-state index < -0.39 is 39.9 Å². The predicted octanol–water partition coefficient (Wildman–Crippen LogP) is 6.50. The normalized spacial score (nSPS) is 9.88. The number of hydrogen-bond donors (Lipinski definition) is 3. The monoisotopic (exact) mass is 716 g/mol. The Morgan fingerprint density at radius 1 is 0.735 bits per heavy atom. The second-order valence-electron chi connectivity index (χ2n) is 9.21. The first-order valence-corrected chi connectivity index (χ1v) is 15.5. The Hall–Kier alpha value is -5.55. The van der Waals surface area contributed by atoms with Gasteiger partial charge in [-0.1, -0.05) is 23.9 Å². The number of nitro groups is 2. The molecule has 0 atom stereocenters. The van der Waals surface area contributed by atoms with Crippen LogP contribution < -0.4 is 20.9 Å². The lowest BCUT2D eigenvalue weighted by molar-refractivity contribution is -0.386. The van der Waals surface area contributed by atoms with Crippen LogP contribution in [0.15, 0.2) is 99.6 Å². The summed E-state index contributed by atoms with van der Waals surface area (Å²) in [6, 6.07) is 21.9. The highest BCUT2D eigenvalue weighted by Gasteiger charge is 2.18. The SMILES string of the molecule is CCOC(=O)COc1cc(F)ccc1[N+](=O)[O-].CCOC(=O)COc1cc(Sc2cccc(N)c2)ccc1[N+](=O)[O-].Nc1cccc(S)c1. The zero-order chi connectivity index (χ0) is 36.3. The van der Waals surface area contributed by atoms with Crippen LogP contribution in [0, 0.1) is 26.0 Å². The number of carbonyl (C=O) groups is 2. The van der Waals surface area contributed by atoms with Crippen molar-refractivity contribution in [2.75, 3.05) is 37.9 Å². The Labute approximate surface area is 290 Å². The second-order valence-corrected chi connectivity index (χ2v) is 10.9. The minimum absolute atomic E-state index is 0.0157. The molecule has 49 heavy (non-hydrogen) atoms. The first kappa shape index (κ1) is 39.6. The minimum Gasteiger partial charge on any atom is -0.475 e. The van der Waals surface area contributed by atoms with Crippen molar-refractivity contribution in [2.24, 2.45) is 0 Å². The van der Waals surface area contributed by atoms with Crippen molar-refractivity contribution in [1.29, 1.82) is 0 Å². The summed E-state index contributed by atoms with van der Waals surface area (Å²) in [4.78, 5) is 45.3. The van der Waals surface area contributed by atoms with Crippen LogP contribution in [0.4, 0.5) is 27.1 Å². The van der Waals surface area contributed by atoms with E-state index in [0.29, 0.717) is 5.69 Å². The Balaban J connectivity index is 0.000000288. The molecule has 4 aromatic rings. The summed E-state index contributed by atoms with van der Waals surface area (Å²) in [7, 11) is 0. The third kappa shape index (κ3) is 14.8. The maximum atomic E-state index is 12.9. The van der Waals surface area contributed by atoms with Crippen molar-refractivity contribution in [3.63, 3.8) is 0 Å². The number of anilines is 2. The molecule has 0 bridgehead atoms. The van der Waals surface area contributed by atoms with Gasteiger partial charge in [-0.3, -0.25) is 20.2 Å². The van der Waals surface area contributed by atoms with Gasteiger partial charge in [0, 0.05) is 50.3 Å². The molecule has 0 aliphatic rings. The fourth-order valence-corrected chi connectivity index (χ4v) is 4.65. The van der Waals surface area contributed by atoms with Crippen LogP contribution in [0.5, 0.6) is 11.5 Å². The number of nitro benzene ring substituents is 2. The highest BCUT2D eigenvalue weighted by Crippen LogP contribution is 2.36. The zero-order valence-electron chi connectivity index (χ0n) is 26.3. The fraction of sp³-hybridized carbons (Fsp3) is 0.188. The number of carbonyl (C=O) groups excluding carboxylic acids is 2. The molecule has 17 heteroatoms. The van der Waals surface area contributed by atoms with Crippen molar-refractivity contribution in [3.8, 4) is 11.5 Å². The van der Waals surface area contributed by atoms with Crippen molar-refractivity contribution >= 4 is 59.1 Å². The summed E-state index contributed by atoms with van der Waals surface area (Å²) >= 11 is 5.46. The molecule has 0 aliphatic heterocycles. The fourth-order valence-electron chi connectivity index (χ4n) is 3.50. The van der Waals surface area contributed by atoms with E-state index in [-0.39, 0.29) is 37.0 Å². The van der Waals surface area contributed by atoms with Gasteiger partial charge in [0.25, 0.3) is 0 Å². The Kier molecular flexibility index (Phi) is 16.7. The number of hydrogen-bond acceptors (Lipinski definition) is 14. The highest BCUT2D eigenvalue weighted by molar-refractivity contribution is 7.99. The lowest BCUT2D eigenvalue weighted by Crippen LogP contribution is -2.15. The van der Waals surface area contributed by atoms with E-state index in [1.54, 1.807) is 32.0 Å². The summed E-state index contributed by atoms with van der Waals surface area (Å²) < 4.78 is 32.3. The molecule has 0 fully saturated rings. The molecule has 0 spiro atoms. The third-order valence-electron chi connectivity index (χ3n) is 5.51. The van der Waals surface area contributed by atoms with Gasteiger partial charge in [-0.15, -0.1) is 12.6 Å². The molecule has 0 saturated carbocycles. The number of nitrogens with two attached hydrogens (primary N) is 2. The van der Waals surface area contributed by atoms with Crippen molar-refractivity contribution in [2.45, 2.75) is 28.5 Å². The largest absolute Gasteiger partial charge is 0.475 e. The van der Waals surface area contributed by atoms with Crippen LogP contribution in [0.3, 0.4) is 0 Å². The second kappa shape index (κ2) is 20.6. The highest BCUT2D eigenvalue weighted by atomic mass is 32.2. The topological polar surface area (TPSA) is 209 Å². The smallest absolute Gasteiger partial charge is 0.344 e. The van der Waals surface area contributed by atoms with Gasteiger partial charge in [0.05, 0.1) is 23.1 Å². The van der Waals surface area contributed by atoms with Crippen molar-refractivity contribution in [1.82, 2.24) is 0 Å². The average Bonchev–Trinajstić information content (AvgIpc) is 3.03. The molecule has 0 radical (unpaired) electrons. The number of esters is 2. The van der Waals surface area contributed by atoms with Gasteiger partial charge in [0.1, 0.15) is 5.82 Å². The van der Waals surface area contributed by atoms with Crippen LogP contribution >= 0.6 is 24.4 Å². The van der Waals surface area contributed by atoms with Crippen molar-refractivity contribution < 1.29 is 42.8 Å². The average molecular weight is 717 g/mol. The van der Waals surface area contributed by atoms with E-state index in [0.717, 1.165) is 38.6 Å². The van der Waals surface area contributed by atoms with Crippen LogP contribution in [0.25, 0.3) is 0 Å². The molecule has 4 aromatic carbocycles. The van der Waals surface area contributed by atoms with Crippen molar-refractivity contribution in [3.05, 3.63) is 111 Å². The molecule has 4 rings (SSSR count). The zero-order valence-corrected chi connectivity index (χ0v) is 28.0. The van der Waals surface area contributed by atoms with Gasteiger partial charge in [-0.2, -0.15) is 0 Å². The molecule has 4 N–H and O–H groups in total. The van der Waals surface area contributed by atoms with E-state index in [1.165, 1.54) is 23.9 Å². The number of ether oxygens (including phenoxy) is 4. The lowest BCUT2D eigenvalue weighted by Gasteiger charge is -2.08. The van der Waals surface area contributed by atoms with Crippen LogP contribution in [-0.2, 0) is 19.1 Å². The number of rotatable bonds is 12. The Bertz CT molecular complexity index is 1730. The molecule has 260 valence electrons. The van der Waals surface area contributed by atoms with E-state index >= 15 is 0 Å². The maximum Gasteiger partial charge on any atom is 0.344 e. The third-order valence-corrected chi connectivity index (χ3v) is 6.77. The molecule has 0 saturated heterocycles. The number of thiol groups is 1. The van der Waals surface area contributed by atoms with E-state index in [2.05, 4.69) is 17.4 Å². The van der Waals surface area contributed by atoms with Gasteiger partial charge in [0.2, 0.25) is 5.75 Å². The molecule has 0 amide bonds. The number of nitrogens with zero attached hydrogens (tertiary/aromatic N) is 2. The predicted molar refractivity (Wildman–Crippen MR) is 183 cm³/mol. The number of nitrogen functional groups attached to an aromatic ring is 2. The quantitative estimate of drug-likeness (QED) is 0.0470. The first-order valence-electron chi connectivity index (χ1n) is 14.2. The Morgan fingerprint density at radius 2 is 1.22 bits per heavy atom. The maximum absolute atomic E-state index is 12.9. The van der Waals surface area contributed by atoms with E-state index in [1.807, 2.05) is 36.4 Å². The molecule has 0 heterocycles. The first-order chi connectivity index (χ1) is 23.3.